The van der Waals surface area contributed by atoms with Crippen LogP contribution in [0.3, 0.4) is 0 Å². The summed E-state index contributed by atoms with van der Waals surface area (Å²) in [5, 5.41) is 20.9. The van der Waals surface area contributed by atoms with E-state index in [2.05, 4.69) is 34.6 Å². The van der Waals surface area contributed by atoms with Crippen molar-refractivity contribution in [2.24, 2.45) is 45.8 Å². The molecule has 192 valence electrons. The van der Waals surface area contributed by atoms with Gasteiger partial charge >= 0.3 is 6.18 Å². The molecule has 0 heterocycles. The molecule has 0 radical (unpaired) electrons. The molecule has 4 saturated carbocycles. The van der Waals surface area contributed by atoms with E-state index in [0.717, 1.165) is 32.1 Å². The van der Waals surface area contributed by atoms with Crippen molar-refractivity contribution in [1.82, 2.24) is 0 Å². The van der Waals surface area contributed by atoms with Crippen LogP contribution >= 0.6 is 0 Å². The minimum Gasteiger partial charge on any atom is -0.393 e. The van der Waals surface area contributed by atoms with Gasteiger partial charge in [-0.1, -0.05) is 41.0 Å². The Morgan fingerprint density at radius 1 is 0.879 bits per heavy atom. The molecule has 2 nitrogen and oxygen atoms in total. The minimum atomic E-state index is -4.52. The summed E-state index contributed by atoms with van der Waals surface area (Å²) in [7, 11) is 0. The van der Waals surface area contributed by atoms with Crippen molar-refractivity contribution in [3.05, 3.63) is 0 Å². The van der Waals surface area contributed by atoms with Gasteiger partial charge < -0.3 is 10.2 Å². The van der Waals surface area contributed by atoms with E-state index in [-0.39, 0.29) is 35.7 Å². The van der Waals surface area contributed by atoms with Gasteiger partial charge in [0.1, 0.15) is 0 Å². The zero-order chi connectivity index (χ0) is 24.4. The van der Waals surface area contributed by atoms with E-state index in [1.54, 1.807) is 0 Å². The molecule has 0 aromatic heterocycles. The largest absolute Gasteiger partial charge is 0.417 e. The standard InChI is InChI=1S/C28H47F3O2/c1-24(2,3)23(32)8-6-7-18-10-12-21-20-11-9-19-17-27(33,28(29,30)31)16-15-26(19,5)22(20)13-14-25(18,21)4/h18-23,32-33H,6-17H2,1-5H3/t18-,19-,20+,21+,22+,23+,25-,26+,27+/m1/s1. The summed E-state index contributed by atoms with van der Waals surface area (Å²) in [5.74, 6) is 2.53. The molecule has 0 aliphatic heterocycles. The second kappa shape index (κ2) is 8.39. The van der Waals surface area contributed by atoms with Gasteiger partial charge in [0.15, 0.2) is 5.60 Å². The summed E-state index contributed by atoms with van der Waals surface area (Å²) in [6, 6.07) is 0. The molecule has 0 bridgehead atoms. The van der Waals surface area contributed by atoms with Crippen LogP contribution in [0, 0.1) is 45.8 Å². The lowest BCUT2D eigenvalue weighted by molar-refractivity contribution is -0.290. The monoisotopic (exact) mass is 472 g/mol. The summed E-state index contributed by atoms with van der Waals surface area (Å²) < 4.78 is 40.7. The van der Waals surface area contributed by atoms with Gasteiger partial charge in [-0.2, -0.15) is 13.2 Å². The Hall–Kier alpha value is -0.290. The molecule has 33 heavy (non-hydrogen) atoms. The molecule has 9 atom stereocenters. The first-order valence-corrected chi connectivity index (χ1v) is 13.6. The first-order chi connectivity index (χ1) is 15.1. The normalized spacial score (nSPS) is 46.9. The van der Waals surface area contributed by atoms with E-state index in [0.29, 0.717) is 35.5 Å². The Labute approximate surface area is 199 Å². The zero-order valence-electron chi connectivity index (χ0n) is 21.5. The average Bonchev–Trinajstić information content (AvgIpc) is 3.03. The number of hydrogen-bond acceptors (Lipinski definition) is 2. The van der Waals surface area contributed by atoms with Crippen molar-refractivity contribution in [1.29, 1.82) is 0 Å². The van der Waals surface area contributed by atoms with Gasteiger partial charge in [0.05, 0.1) is 6.10 Å². The number of fused-ring (bicyclic) bond motifs is 5. The van der Waals surface area contributed by atoms with Crippen molar-refractivity contribution in [2.45, 2.75) is 130 Å². The minimum absolute atomic E-state index is 0.0143. The molecule has 0 unspecified atom stereocenters. The van der Waals surface area contributed by atoms with Crippen LogP contribution in [-0.4, -0.2) is 28.1 Å². The average molecular weight is 473 g/mol. The van der Waals surface area contributed by atoms with E-state index >= 15 is 0 Å². The lowest BCUT2D eigenvalue weighted by atomic mass is 9.43. The molecule has 4 aliphatic rings. The molecule has 0 aromatic carbocycles. The maximum absolute atomic E-state index is 13.6. The number of hydrogen-bond donors (Lipinski definition) is 2. The van der Waals surface area contributed by atoms with Crippen molar-refractivity contribution in [3.63, 3.8) is 0 Å². The molecule has 0 amide bonds. The molecule has 4 fully saturated rings. The number of aliphatic hydroxyl groups excluding tert-OH is 1. The fourth-order valence-corrected chi connectivity index (χ4v) is 9.08. The van der Waals surface area contributed by atoms with Gasteiger partial charge in [0.2, 0.25) is 0 Å². The first kappa shape index (κ1) is 25.8. The van der Waals surface area contributed by atoms with E-state index in [1.165, 1.54) is 25.7 Å². The summed E-state index contributed by atoms with van der Waals surface area (Å²) in [6.07, 6.45) is 5.37. The van der Waals surface area contributed by atoms with Gasteiger partial charge in [-0.05, 0) is 116 Å². The van der Waals surface area contributed by atoms with E-state index in [1.807, 2.05) is 0 Å². The highest BCUT2D eigenvalue weighted by Gasteiger charge is 2.64. The van der Waals surface area contributed by atoms with Crippen molar-refractivity contribution in [2.75, 3.05) is 0 Å². The van der Waals surface area contributed by atoms with E-state index in [9.17, 15) is 23.4 Å². The van der Waals surface area contributed by atoms with Gasteiger partial charge in [0.25, 0.3) is 0 Å². The quantitative estimate of drug-likeness (QED) is 0.444. The third kappa shape index (κ3) is 4.30. The van der Waals surface area contributed by atoms with Crippen LogP contribution in [-0.2, 0) is 0 Å². The smallest absolute Gasteiger partial charge is 0.393 e. The molecule has 5 heteroatoms. The van der Waals surface area contributed by atoms with Gasteiger partial charge in [-0.15, -0.1) is 0 Å². The number of aliphatic hydroxyl groups is 2. The topological polar surface area (TPSA) is 40.5 Å². The van der Waals surface area contributed by atoms with Crippen LogP contribution in [0.25, 0.3) is 0 Å². The highest BCUT2D eigenvalue weighted by atomic mass is 19.4. The van der Waals surface area contributed by atoms with E-state index in [4.69, 9.17) is 0 Å². The summed E-state index contributed by atoms with van der Waals surface area (Å²) in [5.41, 5.74) is -2.26. The second-order valence-electron chi connectivity index (χ2n) is 14.0. The summed E-state index contributed by atoms with van der Waals surface area (Å²) >= 11 is 0. The predicted molar refractivity (Wildman–Crippen MR) is 126 cm³/mol. The second-order valence-corrected chi connectivity index (χ2v) is 14.0. The molecule has 0 aromatic rings. The van der Waals surface area contributed by atoms with Crippen LogP contribution in [0.2, 0.25) is 0 Å². The summed E-state index contributed by atoms with van der Waals surface area (Å²) in [4.78, 5) is 0. The molecular formula is C28H47F3O2. The molecule has 0 saturated heterocycles. The molecule has 4 aliphatic carbocycles. The highest BCUT2D eigenvalue weighted by molar-refractivity contribution is 5.11. The molecule has 2 N–H and O–H groups in total. The van der Waals surface area contributed by atoms with Crippen LogP contribution < -0.4 is 0 Å². The highest BCUT2D eigenvalue weighted by Crippen LogP contribution is 2.69. The maximum atomic E-state index is 13.6. The molecule has 4 rings (SSSR count). The van der Waals surface area contributed by atoms with E-state index < -0.39 is 11.8 Å². The van der Waals surface area contributed by atoms with Crippen LogP contribution in [0.15, 0.2) is 0 Å². The van der Waals surface area contributed by atoms with Gasteiger partial charge in [0, 0.05) is 0 Å². The van der Waals surface area contributed by atoms with Crippen LogP contribution in [0.5, 0.6) is 0 Å². The van der Waals surface area contributed by atoms with Crippen molar-refractivity contribution in [3.8, 4) is 0 Å². The maximum Gasteiger partial charge on any atom is 0.417 e. The lowest BCUT2D eigenvalue weighted by Gasteiger charge is -2.62. The van der Waals surface area contributed by atoms with Crippen molar-refractivity contribution < 1.29 is 23.4 Å². The fraction of sp³-hybridized carbons (Fsp3) is 1.00. The van der Waals surface area contributed by atoms with Crippen LogP contribution in [0.4, 0.5) is 13.2 Å². The van der Waals surface area contributed by atoms with Gasteiger partial charge in [-0.3, -0.25) is 0 Å². The third-order valence-corrected chi connectivity index (χ3v) is 11.5. The number of rotatable bonds is 4. The fourth-order valence-electron chi connectivity index (χ4n) is 9.08. The lowest BCUT2D eigenvalue weighted by Crippen LogP contribution is -2.59. The Morgan fingerprint density at radius 3 is 2.18 bits per heavy atom. The molecular weight excluding hydrogens is 425 g/mol. The Kier molecular flexibility index (Phi) is 6.56. The number of halogens is 3. The first-order valence-electron chi connectivity index (χ1n) is 13.6. The summed E-state index contributed by atoms with van der Waals surface area (Å²) in [6.45, 7) is 11.1. The van der Waals surface area contributed by atoms with Gasteiger partial charge in [-0.25, -0.2) is 0 Å². The predicted octanol–water partition coefficient (Wildman–Crippen LogP) is 7.52. The Bertz CT molecular complexity index is 715. The zero-order valence-corrected chi connectivity index (χ0v) is 21.5. The third-order valence-electron chi connectivity index (χ3n) is 11.5. The Balaban J connectivity index is 1.43. The molecule has 0 spiro atoms. The van der Waals surface area contributed by atoms with Crippen molar-refractivity contribution >= 4 is 0 Å². The van der Waals surface area contributed by atoms with Crippen LogP contribution in [0.1, 0.15) is 112 Å². The SMILES string of the molecule is CC(C)(C)[C@@H](O)CCC[C@@H]1CC[C@H]2[C@@H]3CC[C@@H]4C[C@](O)(C(F)(F)F)CC[C@]4(C)[C@H]3CC[C@]12C. The number of alkyl halides is 3. The Morgan fingerprint density at radius 2 is 1.55 bits per heavy atom.